The molecule has 0 radical (unpaired) electrons. The predicted molar refractivity (Wildman–Crippen MR) is 68.9 cm³/mol. The summed E-state index contributed by atoms with van der Waals surface area (Å²) in [7, 11) is 0. The molecule has 1 fully saturated rings. The SMILES string of the molecule is OC[C@H]1OCCNC[C@@H]1c1ccc(Cl)c(Cl)c1. The molecule has 1 heterocycles. The molecular formula is C12H15Cl2NO2. The highest BCUT2D eigenvalue weighted by Crippen LogP contribution is 2.29. The summed E-state index contributed by atoms with van der Waals surface area (Å²) < 4.78 is 5.60. The first-order valence-corrected chi connectivity index (χ1v) is 6.36. The van der Waals surface area contributed by atoms with Crippen molar-refractivity contribution >= 4 is 23.2 Å². The summed E-state index contributed by atoms with van der Waals surface area (Å²) >= 11 is 11.9. The maximum absolute atomic E-state index is 9.36. The zero-order valence-corrected chi connectivity index (χ0v) is 10.8. The Balaban J connectivity index is 2.25. The fraction of sp³-hybridized carbons (Fsp3) is 0.500. The van der Waals surface area contributed by atoms with E-state index in [0.29, 0.717) is 16.7 Å². The number of hydrogen-bond acceptors (Lipinski definition) is 3. The topological polar surface area (TPSA) is 41.5 Å². The third-order valence-electron chi connectivity index (χ3n) is 2.98. The van der Waals surface area contributed by atoms with Crippen molar-refractivity contribution in [3.63, 3.8) is 0 Å². The predicted octanol–water partition coefficient (Wildman–Crippen LogP) is 2.06. The number of halogens is 2. The Labute approximate surface area is 111 Å². The summed E-state index contributed by atoms with van der Waals surface area (Å²) in [6.07, 6.45) is -0.192. The lowest BCUT2D eigenvalue weighted by molar-refractivity contribution is 0.0108. The average Bonchev–Trinajstić information content (AvgIpc) is 2.57. The van der Waals surface area contributed by atoms with Crippen molar-refractivity contribution in [1.82, 2.24) is 5.32 Å². The van der Waals surface area contributed by atoms with E-state index >= 15 is 0 Å². The van der Waals surface area contributed by atoms with E-state index in [4.69, 9.17) is 27.9 Å². The number of aliphatic hydroxyl groups excluding tert-OH is 1. The highest BCUT2D eigenvalue weighted by atomic mass is 35.5. The largest absolute Gasteiger partial charge is 0.394 e. The lowest BCUT2D eigenvalue weighted by atomic mass is 9.93. The Kier molecular flexibility index (Phi) is 4.65. The minimum atomic E-state index is -0.192. The Morgan fingerprint density at radius 2 is 2.18 bits per heavy atom. The molecule has 2 N–H and O–H groups in total. The average molecular weight is 276 g/mol. The van der Waals surface area contributed by atoms with Crippen molar-refractivity contribution in [3.05, 3.63) is 33.8 Å². The lowest BCUT2D eigenvalue weighted by Crippen LogP contribution is -2.29. The Morgan fingerprint density at radius 3 is 2.88 bits per heavy atom. The van der Waals surface area contributed by atoms with Gasteiger partial charge >= 0.3 is 0 Å². The van der Waals surface area contributed by atoms with Gasteiger partial charge in [-0.3, -0.25) is 0 Å². The molecule has 0 unspecified atom stereocenters. The first-order chi connectivity index (χ1) is 8.22. The van der Waals surface area contributed by atoms with Gasteiger partial charge in [-0.1, -0.05) is 29.3 Å². The first-order valence-electron chi connectivity index (χ1n) is 5.60. The van der Waals surface area contributed by atoms with E-state index in [1.165, 1.54) is 0 Å². The number of nitrogens with one attached hydrogen (secondary N) is 1. The molecule has 0 aromatic heterocycles. The van der Waals surface area contributed by atoms with Crippen LogP contribution < -0.4 is 5.32 Å². The zero-order chi connectivity index (χ0) is 12.3. The quantitative estimate of drug-likeness (QED) is 0.868. The minimum Gasteiger partial charge on any atom is -0.394 e. The summed E-state index contributed by atoms with van der Waals surface area (Å²) in [5.74, 6) is 0.0947. The van der Waals surface area contributed by atoms with Crippen molar-refractivity contribution in [3.8, 4) is 0 Å². The summed E-state index contributed by atoms with van der Waals surface area (Å²) in [4.78, 5) is 0. The second-order valence-electron chi connectivity index (χ2n) is 4.08. The van der Waals surface area contributed by atoms with Gasteiger partial charge in [0.05, 0.1) is 29.4 Å². The van der Waals surface area contributed by atoms with Gasteiger partial charge in [0.15, 0.2) is 0 Å². The van der Waals surface area contributed by atoms with Crippen molar-refractivity contribution in [2.45, 2.75) is 12.0 Å². The first kappa shape index (κ1) is 13.1. The molecule has 0 saturated carbocycles. The molecule has 5 heteroatoms. The van der Waals surface area contributed by atoms with Gasteiger partial charge in [-0.25, -0.2) is 0 Å². The molecule has 17 heavy (non-hydrogen) atoms. The standard InChI is InChI=1S/C12H15Cl2NO2/c13-10-2-1-8(5-11(10)14)9-6-15-3-4-17-12(9)7-16/h1-2,5,9,12,15-16H,3-4,6-7H2/t9-,12-/m1/s1. The maximum Gasteiger partial charge on any atom is 0.0886 e. The monoisotopic (exact) mass is 275 g/mol. The molecule has 0 amide bonds. The Bertz CT molecular complexity index is 387. The smallest absolute Gasteiger partial charge is 0.0886 e. The van der Waals surface area contributed by atoms with Crippen LogP contribution in [-0.2, 0) is 4.74 Å². The van der Waals surface area contributed by atoms with Crippen LogP contribution in [-0.4, -0.2) is 37.5 Å². The molecule has 0 bridgehead atoms. The normalized spacial score (nSPS) is 25.6. The molecule has 0 spiro atoms. The van der Waals surface area contributed by atoms with E-state index in [1.807, 2.05) is 12.1 Å². The summed E-state index contributed by atoms with van der Waals surface area (Å²) in [5, 5.41) is 13.7. The molecular weight excluding hydrogens is 261 g/mol. The molecule has 2 rings (SSSR count). The molecule has 2 atom stereocenters. The highest BCUT2D eigenvalue weighted by molar-refractivity contribution is 6.42. The van der Waals surface area contributed by atoms with Crippen molar-refractivity contribution in [2.24, 2.45) is 0 Å². The van der Waals surface area contributed by atoms with Crippen LogP contribution in [0.4, 0.5) is 0 Å². The summed E-state index contributed by atoms with van der Waals surface area (Å²) in [6.45, 7) is 2.19. The molecule has 1 aromatic rings. The third-order valence-corrected chi connectivity index (χ3v) is 3.71. The molecule has 94 valence electrons. The van der Waals surface area contributed by atoms with Gasteiger partial charge in [0, 0.05) is 19.0 Å². The van der Waals surface area contributed by atoms with E-state index in [9.17, 15) is 5.11 Å². The molecule has 0 aliphatic carbocycles. The van der Waals surface area contributed by atoms with Crippen molar-refractivity contribution < 1.29 is 9.84 Å². The third kappa shape index (κ3) is 3.12. The Morgan fingerprint density at radius 1 is 1.35 bits per heavy atom. The number of benzene rings is 1. The second-order valence-corrected chi connectivity index (χ2v) is 4.89. The van der Waals surface area contributed by atoms with E-state index < -0.39 is 0 Å². The van der Waals surface area contributed by atoms with Crippen LogP contribution in [0.2, 0.25) is 10.0 Å². The van der Waals surface area contributed by atoms with Gasteiger partial charge in [0.25, 0.3) is 0 Å². The van der Waals surface area contributed by atoms with Gasteiger partial charge in [-0.05, 0) is 17.7 Å². The van der Waals surface area contributed by atoms with Crippen LogP contribution in [0.15, 0.2) is 18.2 Å². The van der Waals surface area contributed by atoms with E-state index in [2.05, 4.69) is 5.32 Å². The number of aliphatic hydroxyl groups is 1. The van der Waals surface area contributed by atoms with Gasteiger partial charge in [0.1, 0.15) is 0 Å². The number of ether oxygens (including phenoxy) is 1. The van der Waals surface area contributed by atoms with Crippen LogP contribution in [0.3, 0.4) is 0 Å². The molecule has 3 nitrogen and oxygen atoms in total. The lowest BCUT2D eigenvalue weighted by Gasteiger charge is -2.23. The van der Waals surface area contributed by atoms with Crippen LogP contribution in [0, 0.1) is 0 Å². The molecule has 1 aliphatic rings. The van der Waals surface area contributed by atoms with Gasteiger partial charge in [0.2, 0.25) is 0 Å². The second kappa shape index (κ2) is 6.03. The zero-order valence-electron chi connectivity index (χ0n) is 9.33. The van der Waals surface area contributed by atoms with Crippen LogP contribution in [0.1, 0.15) is 11.5 Å². The number of rotatable bonds is 2. The molecule has 1 aliphatic heterocycles. The Hall–Kier alpha value is -0.320. The van der Waals surface area contributed by atoms with Gasteiger partial charge < -0.3 is 15.2 Å². The van der Waals surface area contributed by atoms with Crippen molar-refractivity contribution in [1.29, 1.82) is 0 Å². The summed E-state index contributed by atoms with van der Waals surface area (Å²) in [6, 6.07) is 5.55. The van der Waals surface area contributed by atoms with Crippen LogP contribution >= 0.6 is 23.2 Å². The van der Waals surface area contributed by atoms with Gasteiger partial charge in [-0.2, -0.15) is 0 Å². The highest BCUT2D eigenvalue weighted by Gasteiger charge is 2.25. The molecule has 1 saturated heterocycles. The minimum absolute atomic E-state index is 0.00654. The van der Waals surface area contributed by atoms with Gasteiger partial charge in [-0.15, -0.1) is 0 Å². The number of hydrogen-bond donors (Lipinski definition) is 2. The maximum atomic E-state index is 9.36. The van der Waals surface area contributed by atoms with E-state index in [-0.39, 0.29) is 18.6 Å². The fourth-order valence-electron chi connectivity index (χ4n) is 2.04. The van der Waals surface area contributed by atoms with E-state index in [1.54, 1.807) is 6.07 Å². The van der Waals surface area contributed by atoms with Crippen LogP contribution in [0.5, 0.6) is 0 Å². The van der Waals surface area contributed by atoms with Crippen LogP contribution in [0.25, 0.3) is 0 Å². The van der Waals surface area contributed by atoms with Crippen molar-refractivity contribution in [2.75, 3.05) is 26.3 Å². The fourth-order valence-corrected chi connectivity index (χ4v) is 2.35. The summed E-state index contributed by atoms with van der Waals surface area (Å²) in [5.41, 5.74) is 1.04. The molecule has 1 aromatic carbocycles. The van der Waals surface area contributed by atoms with E-state index in [0.717, 1.165) is 18.7 Å².